The highest BCUT2D eigenvalue weighted by atomic mass is 19.1. The standard InChI is InChI=1S/C31H27FN8O/c1-17-11-19(13-21(32)12-17)23-9-10-34-29-26(23)37-30(38-29)28-27-25(39-40-28)8-7-24(36-27)20-14-22(16-33-15-20)35-31(41)18-5-3-2-4-6-18/h7-16,18H,2-6H2,1H3,(H,35,41)(H,39,40)(H,34,37,38). The molecule has 41 heavy (non-hydrogen) atoms. The first-order valence-corrected chi connectivity index (χ1v) is 13.8. The van der Waals surface area contributed by atoms with E-state index in [1.807, 2.05) is 37.3 Å². The number of nitrogens with one attached hydrogen (secondary N) is 3. The Morgan fingerprint density at radius 3 is 2.73 bits per heavy atom. The van der Waals surface area contributed by atoms with Crippen molar-refractivity contribution in [2.75, 3.05) is 5.32 Å². The number of rotatable bonds is 5. The summed E-state index contributed by atoms with van der Waals surface area (Å²) in [6.45, 7) is 1.86. The van der Waals surface area contributed by atoms with Gasteiger partial charge in [-0.15, -0.1) is 0 Å². The second-order valence-corrected chi connectivity index (χ2v) is 10.6. The number of aryl methyl sites for hydroxylation is 1. The van der Waals surface area contributed by atoms with Gasteiger partial charge in [0.15, 0.2) is 17.2 Å². The lowest BCUT2D eigenvalue weighted by atomic mass is 9.88. The maximum Gasteiger partial charge on any atom is 0.227 e. The maximum absolute atomic E-state index is 14.2. The van der Waals surface area contributed by atoms with Crippen molar-refractivity contribution in [3.8, 4) is 33.9 Å². The van der Waals surface area contributed by atoms with E-state index in [0.29, 0.717) is 39.6 Å². The number of aromatic nitrogens is 7. The number of carbonyl (C=O) groups is 1. The average molecular weight is 547 g/mol. The molecule has 5 heterocycles. The molecule has 5 aromatic heterocycles. The number of nitrogens with zero attached hydrogens (tertiary/aromatic N) is 5. The van der Waals surface area contributed by atoms with Crippen molar-refractivity contribution in [2.24, 2.45) is 5.92 Å². The van der Waals surface area contributed by atoms with Crippen molar-refractivity contribution in [2.45, 2.75) is 39.0 Å². The van der Waals surface area contributed by atoms with Crippen molar-refractivity contribution in [1.82, 2.24) is 35.1 Å². The lowest BCUT2D eigenvalue weighted by molar-refractivity contribution is -0.120. The normalized spacial score (nSPS) is 14.1. The molecule has 7 rings (SSSR count). The highest BCUT2D eigenvalue weighted by Crippen LogP contribution is 2.32. The molecule has 1 aromatic carbocycles. The molecule has 0 saturated heterocycles. The molecule has 1 amide bonds. The number of amides is 1. The summed E-state index contributed by atoms with van der Waals surface area (Å²) in [6.07, 6.45) is 10.3. The van der Waals surface area contributed by atoms with Crippen LogP contribution in [0.1, 0.15) is 37.7 Å². The number of benzene rings is 1. The molecule has 1 fully saturated rings. The fraction of sp³-hybridized carbons (Fsp3) is 0.226. The summed E-state index contributed by atoms with van der Waals surface area (Å²) in [7, 11) is 0. The Bertz CT molecular complexity index is 1900. The van der Waals surface area contributed by atoms with Crippen LogP contribution in [0, 0.1) is 18.7 Å². The predicted molar refractivity (Wildman–Crippen MR) is 155 cm³/mol. The van der Waals surface area contributed by atoms with E-state index in [1.165, 1.54) is 18.6 Å². The molecule has 0 aliphatic heterocycles. The van der Waals surface area contributed by atoms with E-state index in [0.717, 1.165) is 53.5 Å². The van der Waals surface area contributed by atoms with Crippen LogP contribution in [0.25, 0.3) is 56.1 Å². The highest BCUT2D eigenvalue weighted by molar-refractivity contribution is 5.95. The minimum Gasteiger partial charge on any atom is -0.335 e. The van der Waals surface area contributed by atoms with Crippen LogP contribution in [0.15, 0.2) is 61.1 Å². The first kappa shape index (κ1) is 25.0. The average Bonchev–Trinajstić information content (AvgIpc) is 3.61. The van der Waals surface area contributed by atoms with Gasteiger partial charge in [0, 0.05) is 29.4 Å². The number of carbonyl (C=O) groups excluding carboxylic acids is 1. The Labute approximate surface area is 234 Å². The summed E-state index contributed by atoms with van der Waals surface area (Å²) in [6, 6.07) is 12.4. The zero-order valence-corrected chi connectivity index (χ0v) is 22.4. The summed E-state index contributed by atoms with van der Waals surface area (Å²) in [5, 5.41) is 10.6. The third-order valence-electron chi connectivity index (χ3n) is 7.65. The van der Waals surface area contributed by atoms with E-state index in [2.05, 4.69) is 35.5 Å². The second kappa shape index (κ2) is 10.2. The molecule has 0 atom stereocenters. The predicted octanol–water partition coefficient (Wildman–Crippen LogP) is 6.59. The minimum atomic E-state index is -0.299. The van der Waals surface area contributed by atoms with Crippen molar-refractivity contribution in [3.63, 3.8) is 0 Å². The summed E-state index contributed by atoms with van der Waals surface area (Å²) >= 11 is 0. The van der Waals surface area contributed by atoms with Crippen molar-refractivity contribution < 1.29 is 9.18 Å². The van der Waals surface area contributed by atoms with Crippen molar-refractivity contribution in [3.05, 3.63) is 72.4 Å². The summed E-state index contributed by atoms with van der Waals surface area (Å²) in [5.74, 6) is 0.303. The van der Waals surface area contributed by atoms with Gasteiger partial charge in [0.05, 0.1) is 28.6 Å². The fourth-order valence-corrected chi connectivity index (χ4v) is 5.64. The van der Waals surface area contributed by atoms with Crippen LogP contribution in [-0.2, 0) is 4.79 Å². The molecule has 0 radical (unpaired) electrons. The molecule has 1 saturated carbocycles. The lowest BCUT2D eigenvalue weighted by Gasteiger charge is -2.20. The first-order valence-electron chi connectivity index (χ1n) is 13.8. The number of hydrogen-bond acceptors (Lipinski definition) is 6. The van der Waals surface area contributed by atoms with Crippen LogP contribution in [-0.4, -0.2) is 41.0 Å². The summed E-state index contributed by atoms with van der Waals surface area (Å²) in [5.41, 5.74) is 7.56. The monoisotopic (exact) mass is 546 g/mol. The van der Waals surface area contributed by atoms with Crippen LogP contribution >= 0.6 is 0 Å². The molecule has 1 aliphatic rings. The Balaban J connectivity index is 1.23. The smallest absolute Gasteiger partial charge is 0.227 e. The molecule has 9 nitrogen and oxygen atoms in total. The third-order valence-corrected chi connectivity index (χ3v) is 7.65. The number of imidazole rings is 1. The van der Waals surface area contributed by atoms with Gasteiger partial charge in [0.2, 0.25) is 5.91 Å². The maximum atomic E-state index is 14.2. The van der Waals surface area contributed by atoms with Crippen LogP contribution in [0.3, 0.4) is 0 Å². The van der Waals surface area contributed by atoms with E-state index in [1.54, 1.807) is 18.6 Å². The molecular formula is C31H27FN8O. The Morgan fingerprint density at radius 1 is 1.00 bits per heavy atom. The van der Waals surface area contributed by atoms with Gasteiger partial charge in [-0.2, -0.15) is 5.10 Å². The SMILES string of the molecule is Cc1cc(F)cc(-c2ccnc3nc(-c4n[nH]c5ccc(-c6cncc(NC(=O)C7CCCCC7)c6)nc45)[nH]c23)c1. The molecule has 204 valence electrons. The Morgan fingerprint density at radius 2 is 1.88 bits per heavy atom. The molecule has 10 heteroatoms. The minimum absolute atomic E-state index is 0.0513. The zero-order valence-electron chi connectivity index (χ0n) is 22.4. The number of H-pyrrole nitrogens is 2. The Hall–Kier alpha value is -4.99. The number of fused-ring (bicyclic) bond motifs is 2. The van der Waals surface area contributed by atoms with E-state index in [-0.39, 0.29) is 17.6 Å². The lowest BCUT2D eigenvalue weighted by Crippen LogP contribution is -2.24. The summed E-state index contributed by atoms with van der Waals surface area (Å²) in [4.78, 5) is 34.5. The van der Waals surface area contributed by atoms with Gasteiger partial charge >= 0.3 is 0 Å². The molecule has 3 N–H and O–H groups in total. The molecule has 0 spiro atoms. The number of hydrogen-bond donors (Lipinski definition) is 3. The van der Waals surface area contributed by atoms with Gasteiger partial charge in [-0.05, 0) is 67.3 Å². The van der Waals surface area contributed by atoms with Crippen molar-refractivity contribution >= 4 is 33.8 Å². The molecule has 1 aliphatic carbocycles. The van der Waals surface area contributed by atoms with Gasteiger partial charge in [0.1, 0.15) is 11.3 Å². The van der Waals surface area contributed by atoms with Crippen LogP contribution in [0.5, 0.6) is 0 Å². The largest absolute Gasteiger partial charge is 0.335 e. The van der Waals surface area contributed by atoms with Gasteiger partial charge < -0.3 is 10.3 Å². The molecule has 0 unspecified atom stereocenters. The van der Waals surface area contributed by atoms with E-state index in [9.17, 15) is 9.18 Å². The van der Waals surface area contributed by atoms with Crippen LogP contribution in [0.4, 0.5) is 10.1 Å². The van der Waals surface area contributed by atoms with Crippen LogP contribution in [0.2, 0.25) is 0 Å². The third kappa shape index (κ3) is 4.82. The van der Waals surface area contributed by atoms with Gasteiger partial charge in [0.25, 0.3) is 0 Å². The molecule has 0 bridgehead atoms. The summed E-state index contributed by atoms with van der Waals surface area (Å²) < 4.78 is 14.2. The number of pyridine rings is 3. The van der Waals surface area contributed by atoms with Gasteiger partial charge in [-0.3, -0.25) is 14.9 Å². The van der Waals surface area contributed by atoms with E-state index < -0.39 is 0 Å². The molecular weight excluding hydrogens is 519 g/mol. The zero-order chi connectivity index (χ0) is 27.9. The van der Waals surface area contributed by atoms with Crippen molar-refractivity contribution in [1.29, 1.82) is 0 Å². The van der Waals surface area contributed by atoms with E-state index in [4.69, 9.17) is 4.98 Å². The topological polar surface area (TPSA) is 125 Å². The quantitative estimate of drug-likeness (QED) is 0.224. The van der Waals surface area contributed by atoms with Gasteiger partial charge in [-0.1, -0.05) is 25.3 Å². The van der Waals surface area contributed by atoms with Crippen LogP contribution < -0.4 is 5.32 Å². The van der Waals surface area contributed by atoms with Gasteiger partial charge in [-0.25, -0.2) is 19.3 Å². The number of halogens is 1. The fourth-order valence-electron chi connectivity index (χ4n) is 5.64. The second-order valence-electron chi connectivity index (χ2n) is 10.6. The first-order chi connectivity index (χ1) is 20.0. The highest BCUT2D eigenvalue weighted by Gasteiger charge is 2.22. The number of aromatic amines is 2. The Kier molecular flexibility index (Phi) is 6.22. The van der Waals surface area contributed by atoms with E-state index >= 15 is 0 Å². The molecule has 6 aromatic rings. The number of anilines is 1.